The predicted octanol–water partition coefficient (Wildman–Crippen LogP) is 5.52. The molecule has 4 rings (SSSR count). The van der Waals surface area contributed by atoms with Gasteiger partial charge in [0, 0.05) is 37.2 Å². The molecule has 0 radical (unpaired) electrons. The van der Waals surface area contributed by atoms with Crippen LogP contribution in [0.25, 0.3) is 0 Å². The van der Waals surface area contributed by atoms with Crippen molar-refractivity contribution >= 4 is 17.2 Å². The highest BCUT2D eigenvalue weighted by atomic mass is 32.1. The molecule has 3 aromatic rings. The van der Waals surface area contributed by atoms with Crippen LogP contribution in [0.4, 0.5) is 0 Å². The Morgan fingerprint density at radius 1 is 1.09 bits per heavy atom. The van der Waals surface area contributed by atoms with Gasteiger partial charge in [0.2, 0.25) is 0 Å². The molecule has 1 fully saturated rings. The van der Waals surface area contributed by atoms with Gasteiger partial charge in [-0.15, -0.1) is 0 Å². The molecule has 1 aliphatic rings. The second-order valence-electron chi connectivity index (χ2n) is 8.63. The first-order valence-corrected chi connectivity index (χ1v) is 12.4. The zero-order valence-corrected chi connectivity index (χ0v) is 19.8. The van der Waals surface area contributed by atoms with E-state index in [9.17, 15) is 9.90 Å². The summed E-state index contributed by atoms with van der Waals surface area (Å²) in [6, 6.07) is 18.1. The number of amides is 1. The number of aromatic hydroxyl groups is 1. The predicted molar refractivity (Wildman–Crippen MR) is 131 cm³/mol. The zero-order chi connectivity index (χ0) is 22.6. The Hall–Kier alpha value is -2.63. The van der Waals surface area contributed by atoms with Crippen LogP contribution in [-0.2, 0) is 12.0 Å². The molecule has 32 heavy (non-hydrogen) atoms. The Balaban J connectivity index is 1.69. The SMILES string of the molecule is CCN(CC)C(=O)c1ccc(C2(c3cccc(O)c3)CCCN(Cc3ccsc3)C2)cc1. The van der Waals surface area contributed by atoms with Gasteiger partial charge in [-0.25, -0.2) is 0 Å². The Kier molecular flexibility index (Phi) is 6.97. The molecule has 2 aromatic carbocycles. The number of piperidine rings is 1. The van der Waals surface area contributed by atoms with Crippen molar-refractivity contribution in [1.82, 2.24) is 9.80 Å². The van der Waals surface area contributed by atoms with E-state index in [-0.39, 0.29) is 11.3 Å². The fourth-order valence-corrected chi connectivity index (χ4v) is 5.65. The second-order valence-corrected chi connectivity index (χ2v) is 9.41. The fraction of sp³-hybridized carbons (Fsp3) is 0.370. The molecule has 1 amide bonds. The van der Waals surface area contributed by atoms with Crippen molar-refractivity contribution in [2.75, 3.05) is 26.2 Å². The van der Waals surface area contributed by atoms with Crippen molar-refractivity contribution in [2.24, 2.45) is 0 Å². The number of hydrogen-bond acceptors (Lipinski definition) is 4. The Labute approximate surface area is 195 Å². The summed E-state index contributed by atoms with van der Waals surface area (Å²) < 4.78 is 0. The quantitative estimate of drug-likeness (QED) is 0.518. The number of phenols is 1. The van der Waals surface area contributed by atoms with Gasteiger partial charge >= 0.3 is 0 Å². The van der Waals surface area contributed by atoms with Crippen molar-refractivity contribution in [1.29, 1.82) is 0 Å². The maximum absolute atomic E-state index is 12.8. The van der Waals surface area contributed by atoms with E-state index in [1.807, 2.05) is 43.0 Å². The highest BCUT2D eigenvalue weighted by Crippen LogP contribution is 2.42. The number of likely N-dealkylation sites (tertiary alicyclic amines) is 1. The molecule has 0 aliphatic carbocycles. The van der Waals surface area contributed by atoms with Crippen molar-refractivity contribution in [3.63, 3.8) is 0 Å². The lowest BCUT2D eigenvalue weighted by Crippen LogP contribution is -2.46. The summed E-state index contributed by atoms with van der Waals surface area (Å²) >= 11 is 1.74. The monoisotopic (exact) mass is 448 g/mol. The smallest absolute Gasteiger partial charge is 0.253 e. The van der Waals surface area contributed by atoms with E-state index in [2.05, 4.69) is 39.9 Å². The zero-order valence-electron chi connectivity index (χ0n) is 19.0. The lowest BCUT2D eigenvalue weighted by Gasteiger charge is -2.44. The molecule has 0 bridgehead atoms. The van der Waals surface area contributed by atoms with E-state index >= 15 is 0 Å². The number of carbonyl (C=O) groups is 1. The molecule has 168 valence electrons. The van der Waals surface area contributed by atoms with Gasteiger partial charge in [-0.05, 0) is 91.0 Å². The average molecular weight is 449 g/mol. The van der Waals surface area contributed by atoms with E-state index in [1.54, 1.807) is 17.4 Å². The molecule has 5 heteroatoms. The summed E-state index contributed by atoms with van der Waals surface area (Å²) in [5.74, 6) is 0.376. The molecule has 1 atom stereocenters. The molecule has 1 aliphatic heterocycles. The lowest BCUT2D eigenvalue weighted by atomic mass is 9.69. The number of rotatable bonds is 7. The van der Waals surface area contributed by atoms with E-state index in [4.69, 9.17) is 0 Å². The molecule has 0 spiro atoms. The van der Waals surface area contributed by atoms with E-state index in [1.165, 1.54) is 11.1 Å². The number of carbonyl (C=O) groups excluding carboxylic acids is 1. The molecule has 0 saturated carbocycles. The Morgan fingerprint density at radius 3 is 2.53 bits per heavy atom. The highest BCUT2D eigenvalue weighted by Gasteiger charge is 2.39. The highest BCUT2D eigenvalue weighted by molar-refractivity contribution is 7.07. The number of hydrogen-bond donors (Lipinski definition) is 1. The van der Waals surface area contributed by atoms with Crippen LogP contribution < -0.4 is 0 Å². The van der Waals surface area contributed by atoms with Crippen LogP contribution in [0.1, 0.15) is 53.7 Å². The number of benzene rings is 2. The minimum atomic E-state index is -0.218. The molecule has 1 unspecified atom stereocenters. The molecule has 1 saturated heterocycles. The van der Waals surface area contributed by atoms with Gasteiger partial charge in [0.15, 0.2) is 0 Å². The third-order valence-corrected chi connectivity index (χ3v) is 7.42. The van der Waals surface area contributed by atoms with Crippen LogP contribution in [0.3, 0.4) is 0 Å². The van der Waals surface area contributed by atoms with Gasteiger partial charge in [-0.1, -0.05) is 24.3 Å². The third-order valence-electron chi connectivity index (χ3n) is 6.69. The standard InChI is InChI=1S/C27H32N2O2S/c1-3-29(4-2)26(31)22-9-11-23(12-10-22)27(24-7-5-8-25(30)17-24)14-6-15-28(20-27)18-21-13-16-32-19-21/h5,7-13,16-17,19,30H,3-4,6,14-15,18,20H2,1-2H3. The topological polar surface area (TPSA) is 43.8 Å². The summed E-state index contributed by atoms with van der Waals surface area (Å²) in [6.45, 7) is 8.32. The Bertz CT molecular complexity index is 1030. The summed E-state index contributed by atoms with van der Waals surface area (Å²) in [7, 11) is 0. The van der Waals surface area contributed by atoms with Crippen LogP contribution in [0.5, 0.6) is 5.75 Å². The van der Waals surface area contributed by atoms with Gasteiger partial charge in [-0.2, -0.15) is 11.3 Å². The minimum Gasteiger partial charge on any atom is -0.508 e. The maximum Gasteiger partial charge on any atom is 0.253 e. The number of thiophene rings is 1. The van der Waals surface area contributed by atoms with Crippen LogP contribution in [0.2, 0.25) is 0 Å². The Morgan fingerprint density at radius 2 is 1.88 bits per heavy atom. The van der Waals surface area contributed by atoms with Crippen molar-refractivity contribution in [2.45, 2.75) is 38.6 Å². The normalized spacial score (nSPS) is 19.1. The first kappa shape index (κ1) is 22.6. The molecule has 1 N–H and O–H groups in total. The summed E-state index contributed by atoms with van der Waals surface area (Å²) in [5.41, 5.74) is 4.20. The van der Waals surface area contributed by atoms with Gasteiger partial charge in [0.05, 0.1) is 0 Å². The molecular weight excluding hydrogens is 416 g/mol. The number of nitrogens with zero attached hydrogens (tertiary/aromatic N) is 2. The average Bonchev–Trinajstić information content (AvgIpc) is 3.33. The summed E-state index contributed by atoms with van der Waals surface area (Å²) in [5, 5.41) is 14.6. The first-order chi connectivity index (χ1) is 15.6. The van der Waals surface area contributed by atoms with Gasteiger partial charge in [0.25, 0.3) is 5.91 Å². The first-order valence-electron chi connectivity index (χ1n) is 11.5. The van der Waals surface area contributed by atoms with Crippen LogP contribution >= 0.6 is 11.3 Å². The van der Waals surface area contributed by atoms with E-state index < -0.39 is 0 Å². The van der Waals surface area contributed by atoms with Crippen molar-refractivity contribution in [3.05, 3.63) is 87.6 Å². The largest absolute Gasteiger partial charge is 0.508 e. The molecule has 4 nitrogen and oxygen atoms in total. The van der Waals surface area contributed by atoms with E-state index in [0.29, 0.717) is 18.8 Å². The minimum absolute atomic E-state index is 0.0793. The number of phenolic OH excluding ortho intramolecular Hbond substituents is 1. The molecule has 2 heterocycles. The second kappa shape index (κ2) is 9.88. The fourth-order valence-electron chi connectivity index (χ4n) is 4.99. The van der Waals surface area contributed by atoms with Gasteiger partial charge in [0.1, 0.15) is 5.75 Å². The van der Waals surface area contributed by atoms with Crippen LogP contribution in [0.15, 0.2) is 65.4 Å². The summed E-state index contributed by atoms with van der Waals surface area (Å²) in [4.78, 5) is 17.2. The van der Waals surface area contributed by atoms with Crippen LogP contribution in [-0.4, -0.2) is 47.0 Å². The van der Waals surface area contributed by atoms with Gasteiger partial charge < -0.3 is 10.0 Å². The third kappa shape index (κ3) is 4.59. The molecule has 1 aromatic heterocycles. The molecular formula is C27H32N2O2S. The van der Waals surface area contributed by atoms with Crippen molar-refractivity contribution < 1.29 is 9.90 Å². The lowest BCUT2D eigenvalue weighted by molar-refractivity contribution is 0.0773. The van der Waals surface area contributed by atoms with Crippen LogP contribution in [0, 0.1) is 0 Å². The maximum atomic E-state index is 12.8. The van der Waals surface area contributed by atoms with E-state index in [0.717, 1.165) is 43.6 Å². The summed E-state index contributed by atoms with van der Waals surface area (Å²) in [6.07, 6.45) is 2.10. The van der Waals surface area contributed by atoms with Crippen molar-refractivity contribution in [3.8, 4) is 5.75 Å². The van der Waals surface area contributed by atoms with Gasteiger partial charge in [-0.3, -0.25) is 9.69 Å².